The number of hydrogen-bond donors (Lipinski definition) is 0. The van der Waals surface area contributed by atoms with Crippen molar-refractivity contribution < 1.29 is 4.52 Å². The SMILES string of the molecule is CCc1nn(C)c2c1nc(CCCl)n2Cc1ncon1. The highest BCUT2D eigenvalue weighted by atomic mass is 35.5. The van der Waals surface area contributed by atoms with E-state index in [1.165, 1.54) is 6.39 Å². The van der Waals surface area contributed by atoms with Crippen molar-refractivity contribution in [2.75, 3.05) is 5.88 Å². The smallest absolute Gasteiger partial charge is 0.213 e. The summed E-state index contributed by atoms with van der Waals surface area (Å²) >= 11 is 5.87. The molecular formula is C12H15ClN6O. The van der Waals surface area contributed by atoms with Gasteiger partial charge in [0.15, 0.2) is 11.5 Å². The molecule has 8 heteroatoms. The Balaban J connectivity index is 2.15. The number of halogens is 1. The van der Waals surface area contributed by atoms with Gasteiger partial charge in [-0.2, -0.15) is 10.1 Å². The number of aromatic nitrogens is 6. The Hall–Kier alpha value is -1.89. The molecule has 0 N–H and O–H groups in total. The molecule has 0 saturated carbocycles. The minimum absolute atomic E-state index is 0.502. The van der Waals surface area contributed by atoms with Crippen molar-refractivity contribution in [3.8, 4) is 0 Å². The van der Waals surface area contributed by atoms with Gasteiger partial charge in [-0.1, -0.05) is 12.1 Å². The van der Waals surface area contributed by atoms with E-state index < -0.39 is 0 Å². The molecule has 0 radical (unpaired) electrons. The summed E-state index contributed by atoms with van der Waals surface area (Å²) in [5.74, 6) is 2.05. The van der Waals surface area contributed by atoms with Gasteiger partial charge in [-0.15, -0.1) is 11.6 Å². The first kappa shape index (κ1) is 13.1. The van der Waals surface area contributed by atoms with E-state index in [0.29, 0.717) is 24.7 Å². The van der Waals surface area contributed by atoms with E-state index in [9.17, 15) is 0 Å². The third kappa shape index (κ3) is 2.07. The zero-order valence-electron chi connectivity index (χ0n) is 11.4. The van der Waals surface area contributed by atoms with E-state index in [0.717, 1.165) is 29.1 Å². The summed E-state index contributed by atoms with van der Waals surface area (Å²) < 4.78 is 8.68. The van der Waals surface area contributed by atoms with Crippen LogP contribution >= 0.6 is 11.6 Å². The predicted octanol–water partition coefficient (Wildman–Crippen LogP) is 1.54. The van der Waals surface area contributed by atoms with E-state index in [1.807, 2.05) is 11.7 Å². The number of imidazole rings is 1. The molecule has 0 aliphatic heterocycles. The molecule has 0 spiro atoms. The lowest BCUT2D eigenvalue weighted by Gasteiger charge is -2.06. The maximum Gasteiger partial charge on any atom is 0.213 e. The second-order valence-corrected chi connectivity index (χ2v) is 4.87. The third-order valence-electron chi connectivity index (χ3n) is 3.23. The van der Waals surface area contributed by atoms with Gasteiger partial charge in [-0.3, -0.25) is 4.68 Å². The normalized spacial score (nSPS) is 11.6. The van der Waals surface area contributed by atoms with E-state index in [2.05, 4.69) is 31.7 Å². The number of hydrogen-bond acceptors (Lipinski definition) is 5. The highest BCUT2D eigenvalue weighted by Gasteiger charge is 2.19. The minimum Gasteiger partial charge on any atom is -0.343 e. The summed E-state index contributed by atoms with van der Waals surface area (Å²) in [4.78, 5) is 8.75. The molecule has 3 heterocycles. The highest BCUT2D eigenvalue weighted by Crippen LogP contribution is 2.21. The molecule has 0 atom stereocenters. The number of fused-ring (bicyclic) bond motifs is 1. The monoisotopic (exact) mass is 294 g/mol. The molecule has 0 unspecified atom stereocenters. The number of alkyl halides is 1. The standard InChI is InChI=1S/C12H15ClN6O/c1-3-8-11-12(18(2)16-8)19(10(15-11)4-5-13)6-9-14-7-20-17-9/h7H,3-6H2,1-2H3. The average Bonchev–Trinajstić information content (AvgIpc) is 3.11. The molecule has 3 aromatic heterocycles. The van der Waals surface area contributed by atoms with Crippen LogP contribution in [0.15, 0.2) is 10.9 Å². The van der Waals surface area contributed by atoms with Crippen LogP contribution in [0.4, 0.5) is 0 Å². The molecule has 3 aromatic rings. The van der Waals surface area contributed by atoms with Crippen molar-refractivity contribution in [1.82, 2.24) is 29.5 Å². The summed E-state index contributed by atoms with van der Waals surface area (Å²) in [6.07, 6.45) is 2.86. The quantitative estimate of drug-likeness (QED) is 0.667. The summed E-state index contributed by atoms with van der Waals surface area (Å²) in [6, 6.07) is 0. The summed E-state index contributed by atoms with van der Waals surface area (Å²) in [5, 5.41) is 8.35. The largest absolute Gasteiger partial charge is 0.343 e. The Kier molecular flexibility index (Phi) is 3.43. The Morgan fingerprint density at radius 2 is 2.25 bits per heavy atom. The van der Waals surface area contributed by atoms with Crippen LogP contribution in [-0.2, 0) is 26.4 Å². The molecule has 0 saturated heterocycles. The lowest BCUT2D eigenvalue weighted by Crippen LogP contribution is -2.10. The Morgan fingerprint density at radius 3 is 2.90 bits per heavy atom. The fourth-order valence-electron chi connectivity index (χ4n) is 2.37. The summed E-state index contributed by atoms with van der Waals surface area (Å²) in [5.41, 5.74) is 2.88. The molecule has 0 fully saturated rings. The lowest BCUT2D eigenvalue weighted by atomic mass is 10.3. The summed E-state index contributed by atoms with van der Waals surface area (Å²) in [6.45, 7) is 2.57. The van der Waals surface area contributed by atoms with Crippen molar-refractivity contribution in [2.45, 2.75) is 26.3 Å². The fraction of sp³-hybridized carbons (Fsp3) is 0.500. The van der Waals surface area contributed by atoms with Gasteiger partial charge in [0.2, 0.25) is 6.39 Å². The first-order valence-corrected chi connectivity index (χ1v) is 7.00. The fourth-order valence-corrected chi connectivity index (χ4v) is 2.54. The van der Waals surface area contributed by atoms with Crippen LogP contribution in [0.2, 0.25) is 0 Å². The molecule has 0 bridgehead atoms. The molecule has 20 heavy (non-hydrogen) atoms. The molecule has 0 amide bonds. The Labute approximate surface area is 120 Å². The van der Waals surface area contributed by atoms with Gasteiger partial charge in [0.25, 0.3) is 0 Å². The number of aryl methyl sites for hydroxylation is 3. The van der Waals surface area contributed by atoms with E-state index in [-0.39, 0.29) is 0 Å². The Bertz CT molecular complexity index is 714. The third-order valence-corrected chi connectivity index (χ3v) is 3.42. The van der Waals surface area contributed by atoms with Gasteiger partial charge >= 0.3 is 0 Å². The van der Waals surface area contributed by atoms with Gasteiger partial charge in [-0.05, 0) is 6.42 Å². The van der Waals surface area contributed by atoms with Crippen molar-refractivity contribution in [1.29, 1.82) is 0 Å². The Morgan fingerprint density at radius 1 is 1.40 bits per heavy atom. The van der Waals surface area contributed by atoms with Crippen molar-refractivity contribution >= 4 is 22.8 Å². The second kappa shape index (κ2) is 5.24. The van der Waals surface area contributed by atoms with Crippen LogP contribution in [-0.4, -0.2) is 35.4 Å². The van der Waals surface area contributed by atoms with Gasteiger partial charge in [-0.25, -0.2) is 4.98 Å². The average molecular weight is 295 g/mol. The maximum absolute atomic E-state index is 5.87. The second-order valence-electron chi connectivity index (χ2n) is 4.50. The topological polar surface area (TPSA) is 74.6 Å². The summed E-state index contributed by atoms with van der Waals surface area (Å²) in [7, 11) is 1.92. The molecule has 0 aliphatic carbocycles. The molecule has 106 valence electrons. The van der Waals surface area contributed by atoms with Crippen LogP contribution in [0, 0.1) is 0 Å². The minimum atomic E-state index is 0.502. The first-order valence-electron chi connectivity index (χ1n) is 6.46. The number of rotatable bonds is 5. The predicted molar refractivity (Wildman–Crippen MR) is 73.7 cm³/mol. The van der Waals surface area contributed by atoms with Crippen LogP contribution in [0.5, 0.6) is 0 Å². The van der Waals surface area contributed by atoms with E-state index >= 15 is 0 Å². The zero-order chi connectivity index (χ0) is 14.1. The lowest BCUT2D eigenvalue weighted by molar-refractivity contribution is 0.408. The van der Waals surface area contributed by atoms with Gasteiger partial charge in [0, 0.05) is 19.3 Å². The first-order chi connectivity index (χ1) is 9.74. The van der Waals surface area contributed by atoms with Crippen molar-refractivity contribution in [2.24, 2.45) is 7.05 Å². The van der Waals surface area contributed by atoms with Gasteiger partial charge in [0.1, 0.15) is 11.3 Å². The van der Waals surface area contributed by atoms with E-state index in [4.69, 9.17) is 16.1 Å². The van der Waals surface area contributed by atoms with Crippen LogP contribution in [0.25, 0.3) is 11.2 Å². The molecule has 3 rings (SSSR count). The van der Waals surface area contributed by atoms with Crippen LogP contribution in [0.1, 0.15) is 24.3 Å². The van der Waals surface area contributed by atoms with Crippen molar-refractivity contribution in [3.63, 3.8) is 0 Å². The molecule has 0 aliphatic rings. The molecule has 7 nitrogen and oxygen atoms in total. The van der Waals surface area contributed by atoms with Crippen LogP contribution < -0.4 is 0 Å². The number of nitrogens with zero attached hydrogens (tertiary/aromatic N) is 6. The van der Waals surface area contributed by atoms with Gasteiger partial charge < -0.3 is 9.09 Å². The van der Waals surface area contributed by atoms with Crippen LogP contribution in [0.3, 0.4) is 0 Å². The molecule has 0 aromatic carbocycles. The highest BCUT2D eigenvalue weighted by molar-refractivity contribution is 6.17. The zero-order valence-corrected chi connectivity index (χ0v) is 12.1. The molecular weight excluding hydrogens is 280 g/mol. The van der Waals surface area contributed by atoms with Gasteiger partial charge in [0.05, 0.1) is 12.2 Å². The maximum atomic E-state index is 5.87. The van der Waals surface area contributed by atoms with Crippen molar-refractivity contribution in [3.05, 3.63) is 23.7 Å². The van der Waals surface area contributed by atoms with E-state index in [1.54, 1.807) is 0 Å².